The fraction of sp³-hybridized carbons (Fsp3) is 0.731. The van der Waals surface area contributed by atoms with Gasteiger partial charge in [0.2, 0.25) is 0 Å². The number of nitrogens with one attached hydrogen (secondary N) is 1. The van der Waals surface area contributed by atoms with Crippen LogP contribution in [0.1, 0.15) is 44.6 Å². The highest BCUT2D eigenvalue weighted by Gasteiger charge is 2.37. The number of morpholine rings is 1. The lowest BCUT2D eigenvalue weighted by Crippen LogP contribution is -2.57. The van der Waals surface area contributed by atoms with Crippen molar-refractivity contribution < 1.29 is 4.74 Å². The van der Waals surface area contributed by atoms with Gasteiger partial charge in [0.1, 0.15) is 0 Å². The second-order valence-corrected chi connectivity index (χ2v) is 10.1. The van der Waals surface area contributed by atoms with Gasteiger partial charge in [0, 0.05) is 44.8 Å². The Kier molecular flexibility index (Phi) is 9.30. The lowest BCUT2D eigenvalue weighted by molar-refractivity contribution is -0.0433. The van der Waals surface area contributed by atoms with E-state index in [9.17, 15) is 0 Å². The number of benzene rings is 1. The van der Waals surface area contributed by atoms with Crippen LogP contribution < -0.4 is 5.32 Å². The molecule has 4 saturated heterocycles. The minimum Gasteiger partial charge on any atom is -0.373 e. The Morgan fingerprint density at radius 3 is 2.76 bits per heavy atom. The van der Waals surface area contributed by atoms with E-state index in [0.29, 0.717) is 12.1 Å². The number of aliphatic imine (C=N–C) groups is 1. The number of guanidine groups is 1. The van der Waals surface area contributed by atoms with Crippen LogP contribution >= 0.6 is 24.0 Å². The molecule has 4 atom stereocenters. The van der Waals surface area contributed by atoms with Crippen molar-refractivity contribution in [3.05, 3.63) is 35.9 Å². The van der Waals surface area contributed by atoms with E-state index in [1.807, 2.05) is 0 Å². The zero-order chi connectivity index (χ0) is 21.8. The second-order valence-electron chi connectivity index (χ2n) is 10.1. The summed E-state index contributed by atoms with van der Waals surface area (Å²) in [5.74, 6) is 1.83. The Balaban J connectivity index is 0.00000259. The van der Waals surface area contributed by atoms with Crippen molar-refractivity contribution in [3.8, 4) is 0 Å². The molecule has 0 aromatic heterocycles. The molecule has 184 valence electrons. The standard InChI is InChI=1S/C26H41N5O.HI/c1-2-27-26(28-16-24-19-29-13-7-11-23(29)20-32-24)31-15-12-25-22(18-31)10-6-14-30(25)17-21-8-4-3-5-9-21;/h3-5,8-9,22-25H,2,6-7,10-20H2,1H3,(H,27,28);1H. The van der Waals surface area contributed by atoms with E-state index in [1.54, 1.807) is 0 Å². The monoisotopic (exact) mass is 567 g/mol. The molecule has 4 aliphatic rings. The van der Waals surface area contributed by atoms with Gasteiger partial charge in [-0.25, -0.2) is 0 Å². The molecule has 4 fully saturated rings. The first kappa shape index (κ1) is 25.2. The minimum atomic E-state index is 0. The third kappa shape index (κ3) is 6.21. The molecule has 1 aromatic rings. The van der Waals surface area contributed by atoms with Crippen molar-refractivity contribution in [2.24, 2.45) is 10.9 Å². The SMILES string of the molecule is CCNC(=NCC1CN2CCCC2CO1)N1CCC2C(CCCN2Cc2ccccc2)C1.I. The summed E-state index contributed by atoms with van der Waals surface area (Å²) in [6, 6.07) is 12.4. The number of piperidine rings is 2. The summed E-state index contributed by atoms with van der Waals surface area (Å²) in [6.45, 7) is 11.6. The number of ether oxygens (including phenoxy) is 1. The Bertz CT molecular complexity index is 762. The predicted molar refractivity (Wildman–Crippen MR) is 145 cm³/mol. The predicted octanol–water partition coefficient (Wildman–Crippen LogP) is 3.42. The average molecular weight is 568 g/mol. The van der Waals surface area contributed by atoms with Gasteiger partial charge in [-0.2, -0.15) is 0 Å². The summed E-state index contributed by atoms with van der Waals surface area (Å²) in [4.78, 5) is 13.0. The molecule has 4 unspecified atom stereocenters. The van der Waals surface area contributed by atoms with Crippen LogP contribution in [-0.4, -0.2) is 91.3 Å². The zero-order valence-electron chi connectivity index (χ0n) is 20.2. The van der Waals surface area contributed by atoms with Gasteiger partial charge in [-0.3, -0.25) is 14.8 Å². The summed E-state index contributed by atoms with van der Waals surface area (Å²) in [5.41, 5.74) is 1.44. The van der Waals surface area contributed by atoms with Crippen LogP contribution in [0.4, 0.5) is 0 Å². The van der Waals surface area contributed by atoms with Crippen LogP contribution in [0.3, 0.4) is 0 Å². The first-order valence-electron chi connectivity index (χ1n) is 13.0. The topological polar surface area (TPSA) is 43.3 Å². The highest BCUT2D eigenvalue weighted by molar-refractivity contribution is 14.0. The van der Waals surface area contributed by atoms with Gasteiger partial charge >= 0.3 is 0 Å². The molecule has 1 aromatic carbocycles. The Hall–Kier alpha value is -0.900. The van der Waals surface area contributed by atoms with Crippen molar-refractivity contribution in [1.29, 1.82) is 0 Å². The van der Waals surface area contributed by atoms with E-state index in [0.717, 1.165) is 57.8 Å². The van der Waals surface area contributed by atoms with Crippen molar-refractivity contribution >= 4 is 29.9 Å². The molecular weight excluding hydrogens is 525 g/mol. The third-order valence-electron chi connectivity index (χ3n) is 7.95. The van der Waals surface area contributed by atoms with E-state index in [1.165, 1.54) is 50.8 Å². The summed E-state index contributed by atoms with van der Waals surface area (Å²) < 4.78 is 6.16. The third-order valence-corrected chi connectivity index (χ3v) is 7.95. The van der Waals surface area contributed by atoms with Crippen molar-refractivity contribution in [1.82, 2.24) is 20.0 Å². The van der Waals surface area contributed by atoms with Gasteiger partial charge in [-0.05, 0) is 63.6 Å². The first-order chi connectivity index (χ1) is 15.8. The number of rotatable bonds is 5. The molecule has 0 amide bonds. The van der Waals surface area contributed by atoms with Gasteiger partial charge in [0.15, 0.2) is 5.96 Å². The average Bonchev–Trinajstić information content (AvgIpc) is 3.30. The van der Waals surface area contributed by atoms with E-state index in [-0.39, 0.29) is 30.1 Å². The van der Waals surface area contributed by atoms with Crippen LogP contribution in [0.25, 0.3) is 0 Å². The molecule has 0 radical (unpaired) electrons. The highest BCUT2D eigenvalue weighted by Crippen LogP contribution is 2.32. The molecule has 33 heavy (non-hydrogen) atoms. The lowest BCUT2D eigenvalue weighted by atomic mass is 9.83. The Labute approximate surface area is 217 Å². The Morgan fingerprint density at radius 2 is 1.91 bits per heavy atom. The van der Waals surface area contributed by atoms with Crippen molar-refractivity contribution in [2.75, 3.05) is 52.4 Å². The molecular formula is C26H42IN5O. The van der Waals surface area contributed by atoms with Gasteiger partial charge in [0.25, 0.3) is 0 Å². The van der Waals surface area contributed by atoms with Crippen LogP contribution in [0.2, 0.25) is 0 Å². The van der Waals surface area contributed by atoms with Crippen LogP contribution in [-0.2, 0) is 11.3 Å². The van der Waals surface area contributed by atoms with Crippen LogP contribution in [0.5, 0.6) is 0 Å². The van der Waals surface area contributed by atoms with Crippen molar-refractivity contribution in [3.63, 3.8) is 0 Å². The molecule has 1 N–H and O–H groups in total. The summed E-state index contributed by atoms with van der Waals surface area (Å²) in [5, 5.41) is 3.58. The van der Waals surface area contributed by atoms with E-state index < -0.39 is 0 Å². The lowest BCUT2D eigenvalue weighted by Gasteiger charge is -2.48. The fourth-order valence-electron chi connectivity index (χ4n) is 6.32. The maximum absolute atomic E-state index is 6.16. The number of fused-ring (bicyclic) bond motifs is 2. The molecule has 5 rings (SSSR count). The quantitative estimate of drug-likeness (QED) is 0.336. The molecule has 0 bridgehead atoms. The molecule has 7 heteroatoms. The fourth-order valence-corrected chi connectivity index (χ4v) is 6.32. The maximum atomic E-state index is 6.16. The van der Waals surface area contributed by atoms with E-state index >= 15 is 0 Å². The normalized spacial score (nSPS) is 30.9. The van der Waals surface area contributed by atoms with Gasteiger partial charge in [0.05, 0.1) is 19.3 Å². The first-order valence-corrected chi connectivity index (χ1v) is 13.0. The highest BCUT2D eigenvalue weighted by atomic mass is 127. The molecule has 6 nitrogen and oxygen atoms in total. The summed E-state index contributed by atoms with van der Waals surface area (Å²) >= 11 is 0. The second kappa shape index (κ2) is 12.2. The summed E-state index contributed by atoms with van der Waals surface area (Å²) in [7, 11) is 0. The summed E-state index contributed by atoms with van der Waals surface area (Å²) in [6.07, 6.45) is 6.75. The van der Waals surface area contributed by atoms with Crippen LogP contribution in [0, 0.1) is 5.92 Å². The zero-order valence-corrected chi connectivity index (χ0v) is 22.5. The molecule has 0 saturated carbocycles. The van der Waals surface area contributed by atoms with E-state index in [4.69, 9.17) is 9.73 Å². The van der Waals surface area contributed by atoms with Gasteiger partial charge < -0.3 is 15.0 Å². The van der Waals surface area contributed by atoms with E-state index in [2.05, 4.69) is 57.3 Å². The number of likely N-dealkylation sites (tertiary alicyclic amines) is 2. The maximum Gasteiger partial charge on any atom is 0.194 e. The minimum absolute atomic E-state index is 0. The van der Waals surface area contributed by atoms with Gasteiger partial charge in [-0.15, -0.1) is 24.0 Å². The molecule has 0 aliphatic carbocycles. The Morgan fingerprint density at radius 1 is 1.06 bits per heavy atom. The number of nitrogens with zero attached hydrogens (tertiary/aromatic N) is 4. The number of hydrogen-bond acceptors (Lipinski definition) is 4. The largest absolute Gasteiger partial charge is 0.373 e. The molecule has 0 spiro atoms. The molecule has 4 heterocycles. The number of halogens is 1. The van der Waals surface area contributed by atoms with Crippen LogP contribution in [0.15, 0.2) is 35.3 Å². The van der Waals surface area contributed by atoms with Gasteiger partial charge in [-0.1, -0.05) is 30.3 Å². The van der Waals surface area contributed by atoms with Crippen molar-refractivity contribution in [2.45, 2.75) is 63.8 Å². The molecule has 4 aliphatic heterocycles. The number of hydrogen-bond donors (Lipinski definition) is 1. The smallest absolute Gasteiger partial charge is 0.194 e.